The molecular weight excluding hydrogens is 440 g/mol. The van der Waals surface area contributed by atoms with Crippen molar-refractivity contribution in [2.45, 2.75) is 13.8 Å². The van der Waals surface area contributed by atoms with Gasteiger partial charge in [0, 0.05) is 16.6 Å². The van der Waals surface area contributed by atoms with E-state index >= 15 is 0 Å². The fourth-order valence-corrected chi connectivity index (χ4v) is 4.30. The molecule has 1 aliphatic rings. The molecule has 2 aromatic carbocycles. The first-order valence-electron chi connectivity index (χ1n) is 10.5. The lowest BCUT2D eigenvalue weighted by Gasteiger charge is -2.16. The van der Waals surface area contributed by atoms with Crippen LogP contribution in [0.1, 0.15) is 18.7 Å². The Balaban J connectivity index is 1.73. The molecule has 3 aromatic rings. The molecule has 2 amide bonds. The van der Waals surface area contributed by atoms with Crippen molar-refractivity contribution in [1.82, 2.24) is 0 Å². The quantitative estimate of drug-likeness (QED) is 0.452. The number of methoxy groups -OCH3 is 1. The highest BCUT2D eigenvalue weighted by atomic mass is 32.1. The molecule has 0 atom stereocenters. The number of amides is 2. The van der Waals surface area contributed by atoms with E-state index in [1.807, 2.05) is 31.4 Å². The zero-order valence-electron chi connectivity index (χ0n) is 18.6. The topological polar surface area (TPSA) is 77.1 Å². The van der Waals surface area contributed by atoms with Crippen LogP contribution in [0, 0.1) is 0 Å². The van der Waals surface area contributed by atoms with Gasteiger partial charge in [-0.15, -0.1) is 11.3 Å². The van der Waals surface area contributed by atoms with Gasteiger partial charge in [-0.25, -0.2) is 4.90 Å². The number of hydrogen-bond acceptors (Lipinski definition) is 7. The van der Waals surface area contributed by atoms with Crippen LogP contribution in [-0.2, 0) is 9.59 Å². The van der Waals surface area contributed by atoms with Crippen LogP contribution < -0.4 is 24.4 Å². The molecule has 8 heteroatoms. The molecule has 2 heterocycles. The van der Waals surface area contributed by atoms with Gasteiger partial charge in [-0.3, -0.25) is 9.59 Å². The summed E-state index contributed by atoms with van der Waals surface area (Å²) >= 11 is 1.40. The summed E-state index contributed by atoms with van der Waals surface area (Å²) in [5.74, 6) is 1.00. The summed E-state index contributed by atoms with van der Waals surface area (Å²) in [6, 6.07) is 15.8. The van der Waals surface area contributed by atoms with Crippen LogP contribution in [0.2, 0.25) is 0 Å². The van der Waals surface area contributed by atoms with E-state index < -0.39 is 5.91 Å². The van der Waals surface area contributed by atoms with Gasteiger partial charge in [0.05, 0.1) is 31.6 Å². The standard InChI is InChI=1S/C25H24N2O5S/c1-4-31-19-13-8-16(15-20(19)32-5-2)26-23-22(21-7-6-14-33-21)24(28)27(25(23)29)17-9-11-18(30-3)12-10-17/h6-15,26H,4-5H2,1-3H3. The SMILES string of the molecule is CCOc1ccc(NC2=C(c3cccs3)C(=O)N(c3ccc(OC)cc3)C2=O)cc1OCC. The Hall–Kier alpha value is -3.78. The summed E-state index contributed by atoms with van der Waals surface area (Å²) in [6.45, 7) is 4.76. The summed E-state index contributed by atoms with van der Waals surface area (Å²) in [6.07, 6.45) is 0. The highest BCUT2D eigenvalue weighted by Gasteiger charge is 2.40. The lowest BCUT2D eigenvalue weighted by molar-refractivity contribution is -0.120. The van der Waals surface area contributed by atoms with Crippen molar-refractivity contribution < 1.29 is 23.8 Å². The smallest absolute Gasteiger partial charge is 0.282 e. The Bertz CT molecular complexity index is 1190. The summed E-state index contributed by atoms with van der Waals surface area (Å²) in [5, 5.41) is 5.04. The van der Waals surface area contributed by atoms with Gasteiger partial charge in [0.1, 0.15) is 11.4 Å². The number of carbonyl (C=O) groups excluding carboxylic acids is 2. The monoisotopic (exact) mass is 464 g/mol. The predicted molar refractivity (Wildman–Crippen MR) is 129 cm³/mol. The minimum absolute atomic E-state index is 0.213. The number of ether oxygens (including phenoxy) is 3. The van der Waals surface area contributed by atoms with E-state index in [1.54, 1.807) is 49.6 Å². The van der Waals surface area contributed by atoms with Crippen LogP contribution in [0.15, 0.2) is 65.7 Å². The van der Waals surface area contributed by atoms with Gasteiger partial charge >= 0.3 is 0 Å². The van der Waals surface area contributed by atoms with Crippen molar-refractivity contribution in [3.8, 4) is 17.2 Å². The molecule has 0 spiro atoms. The van der Waals surface area contributed by atoms with Crippen LogP contribution in [0.5, 0.6) is 17.2 Å². The number of thiophene rings is 1. The summed E-state index contributed by atoms with van der Waals surface area (Å²) in [5.41, 5.74) is 1.63. The molecule has 0 fully saturated rings. The summed E-state index contributed by atoms with van der Waals surface area (Å²) in [7, 11) is 1.56. The average Bonchev–Trinajstić information content (AvgIpc) is 3.43. The number of nitrogens with zero attached hydrogens (tertiary/aromatic N) is 1. The molecule has 1 aliphatic heterocycles. The van der Waals surface area contributed by atoms with Crippen LogP contribution in [-0.4, -0.2) is 32.1 Å². The van der Waals surface area contributed by atoms with E-state index in [9.17, 15) is 9.59 Å². The highest BCUT2D eigenvalue weighted by Crippen LogP contribution is 2.37. The zero-order chi connectivity index (χ0) is 23.4. The third-order valence-corrected chi connectivity index (χ3v) is 5.88. The number of benzene rings is 2. The molecule has 0 bridgehead atoms. The number of carbonyl (C=O) groups is 2. The minimum atomic E-state index is -0.430. The van der Waals surface area contributed by atoms with Gasteiger partial charge < -0.3 is 19.5 Å². The fourth-order valence-electron chi connectivity index (χ4n) is 3.53. The third-order valence-electron chi connectivity index (χ3n) is 4.99. The first-order valence-corrected chi connectivity index (χ1v) is 11.4. The number of nitrogens with one attached hydrogen (secondary N) is 1. The number of rotatable bonds is 9. The van der Waals surface area contributed by atoms with Crippen LogP contribution in [0.25, 0.3) is 5.57 Å². The molecule has 4 rings (SSSR count). The molecule has 1 N–H and O–H groups in total. The fraction of sp³-hybridized carbons (Fsp3) is 0.200. The lowest BCUT2D eigenvalue weighted by atomic mass is 10.1. The molecule has 0 saturated heterocycles. The van der Waals surface area contributed by atoms with Crippen LogP contribution in [0.4, 0.5) is 11.4 Å². The summed E-state index contributed by atoms with van der Waals surface area (Å²) < 4.78 is 16.5. The van der Waals surface area contributed by atoms with E-state index in [2.05, 4.69) is 5.32 Å². The Labute approximate surface area is 196 Å². The molecular formula is C25H24N2O5S. The number of imide groups is 1. The first kappa shape index (κ1) is 22.4. The maximum absolute atomic E-state index is 13.5. The average molecular weight is 465 g/mol. The maximum Gasteiger partial charge on any atom is 0.282 e. The Morgan fingerprint density at radius 3 is 2.27 bits per heavy atom. The Morgan fingerprint density at radius 1 is 0.909 bits per heavy atom. The zero-order valence-corrected chi connectivity index (χ0v) is 19.4. The second kappa shape index (κ2) is 9.79. The number of anilines is 2. The molecule has 0 radical (unpaired) electrons. The van der Waals surface area contributed by atoms with E-state index in [-0.39, 0.29) is 11.6 Å². The first-order chi connectivity index (χ1) is 16.1. The van der Waals surface area contributed by atoms with E-state index in [1.165, 1.54) is 16.2 Å². The largest absolute Gasteiger partial charge is 0.497 e. The van der Waals surface area contributed by atoms with Crippen molar-refractivity contribution in [2.24, 2.45) is 0 Å². The molecule has 0 saturated carbocycles. The van der Waals surface area contributed by atoms with E-state index in [0.717, 1.165) is 0 Å². The molecule has 33 heavy (non-hydrogen) atoms. The number of hydrogen-bond donors (Lipinski definition) is 1. The highest BCUT2D eigenvalue weighted by molar-refractivity contribution is 7.11. The van der Waals surface area contributed by atoms with E-state index in [0.29, 0.717) is 52.3 Å². The lowest BCUT2D eigenvalue weighted by Crippen LogP contribution is -2.32. The summed E-state index contributed by atoms with van der Waals surface area (Å²) in [4.78, 5) is 28.8. The second-order valence-corrected chi connectivity index (χ2v) is 7.97. The van der Waals surface area contributed by atoms with Crippen molar-refractivity contribution in [3.05, 3.63) is 70.6 Å². The van der Waals surface area contributed by atoms with Crippen LogP contribution >= 0.6 is 11.3 Å². The predicted octanol–water partition coefficient (Wildman–Crippen LogP) is 4.95. The Morgan fingerprint density at radius 2 is 1.64 bits per heavy atom. The normalized spacial score (nSPS) is 13.5. The van der Waals surface area contributed by atoms with Gasteiger partial charge in [-0.05, 0) is 61.7 Å². The molecule has 1 aromatic heterocycles. The molecule has 7 nitrogen and oxygen atoms in total. The van der Waals surface area contributed by atoms with Gasteiger partial charge in [-0.2, -0.15) is 0 Å². The van der Waals surface area contributed by atoms with Crippen molar-refractivity contribution in [3.63, 3.8) is 0 Å². The molecule has 0 aliphatic carbocycles. The van der Waals surface area contributed by atoms with Crippen LogP contribution in [0.3, 0.4) is 0 Å². The van der Waals surface area contributed by atoms with Gasteiger partial charge in [0.2, 0.25) is 0 Å². The van der Waals surface area contributed by atoms with Crippen molar-refractivity contribution >= 4 is 40.1 Å². The third kappa shape index (κ3) is 4.42. The maximum atomic E-state index is 13.5. The Kier molecular flexibility index (Phi) is 6.65. The van der Waals surface area contributed by atoms with Crippen molar-refractivity contribution in [1.29, 1.82) is 0 Å². The van der Waals surface area contributed by atoms with Gasteiger partial charge in [0.15, 0.2) is 11.5 Å². The van der Waals surface area contributed by atoms with E-state index in [4.69, 9.17) is 14.2 Å². The second-order valence-electron chi connectivity index (χ2n) is 7.02. The molecule has 0 unspecified atom stereocenters. The molecule has 170 valence electrons. The van der Waals surface area contributed by atoms with Gasteiger partial charge in [0.25, 0.3) is 11.8 Å². The van der Waals surface area contributed by atoms with Gasteiger partial charge in [-0.1, -0.05) is 6.07 Å². The van der Waals surface area contributed by atoms with Crippen molar-refractivity contribution in [2.75, 3.05) is 30.5 Å². The minimum Gasteiger partial charge on any atom is -0.497 e.